The fourth-order valence-corrected chi connectivity index (χ4v) is 7.62. The van der Waals surface area contributed by atoms with Gasteiger partial charge in [0.25, 0.3) is 5.60 Å². The molecule has 0 heterocycles. The summed E-state index contributed by atoms with van der Waals surface area (Å²) in [4.78, 5) is 49.1. The molecule has 0 saturated heterocycles. The van der Waals surface area contributed by atoms with Gasteiger partial charge in [-0.15, -0.1) is 0 Å². The first-order valence-corrected chi connectivity index (χ1v) is 16.5. The minimum absolute atomic E-state index is 0.121. The van der Waals surface area contributed by atoms with Gasteiger partial charge in [-0.3, -0.25) is 9.59 Å². The molecule has 1 aromatic rings. The number of carbonyl (C=O) groups excluding carboxylic acids is 4. The molecule has 0 radical (unpaired) electrons. The smallest absolute Gasteiger partial charge is 0.432 e. The number of alkyl halides is 3. The monoisotopic (exact) mass is 694 g/mol. The Bertz CT molecular complexity index is 1400. The number of fused-ring (bicyclic) bond motifs is 1. The number of hydrogen-bond donors (Lipinski definition) is 0. The molecule has 0 bridgehead atoms. The number of hydrogen-bond acceptors (Lipinski definition) is 9. The molecule has 49 heavy (non-hydrogen) atoms. The second-order valence-corrected chi connectivity index (χ2v) is 13.8. The van der Waals surface area contributed by atoms with E-state index in [0.717, 1.165) is 25.5 Å². The van der Waals surface area contributed by atoms with Crippen LogP contribution in [0.3, 0.4) is 0 Å². The molecule has 1 fully saturated rings. The molecule has 0 N–H and O–H groups in total. The van der Waals surface area contributed by atoms with Crippen molar-refractivity contribution in [1.82, 2.24) is 0 Å². The van der Waals surface area contributed by atoms with Crippen LogP contribution in [-0.2, 0) is 48.5 Å². The Morgan fingerprint density at radius 3 is 2.12 bits per heavy atom. The van der Waals surface area contributed by atoms with Crippen LogP contribution in [0.1, 0.15) is 86.1 Å². The van der Waals surface area contributed by atoms with Gasteiger partial charge in [0.2, 0.25) is 0 Å². The Labute approximate surface area is 286 Å². The van der Waals surface area contributed by atoms with E-state index in [0.29, 0.717) is 24.8 Å². The summed E-state index contributed by atoms with van der Waals surface area (Å²) in [6.45, 7) is 11.7. The maximum absolute atomic E-state index is 14.7. The number of benzene rings is 1. The van der Waals surface area contributed by atoms with E-state index in [1.807, 2.05) is 13.8 Å². The van der Waals surface area contributed by atoms with Crippen LogP contribution in [0.15, 0.2) is 53.6 Å². The van der Waals surface area contributed by atoms with Gasteiger partial charge in [-0.2, -0.15) is 13.2 Å². The van der Waals surface area contributed by atoms with Crippen molar-refractivity contribution in [2.75, 3.05) is 20.3 Å². The molecular formula is C37H49F3O9. The third-order valence-electron chi connectivity index (χ3n) is 10.7. The van der Waals surface area contributed by atoms with Crippen molar-refractivity contribution in [3.8, 4) is 0 Å². The SMILES string of the molecule is CO[C@](C(=O)O[C@H]1C[C@]2(C)C(C)=CCC[C@H]2[C@](C)(CC/C(C)=C/C(=O)OC(COC(C)=O)COC(C)=O)[C@H]1C)(c1ccccc1)C(F)(F)F. The lowest BCUT2D eigenvalue weighted by atomic mass is 9.46. The number of rotatable bonds is 13. The number of allylic oxidation sites excluding steroid dienone is 3. The molecule has 0 amide bonds. The minimum Gasteiger partial charge on any atom is -0.462 e. The van der Waals surface area contributed by atoms with E-state index in [1.54, 1.807) is 13.0 Å². The Kier molecular flexibility index (Phi) is 12.9. The Hall–Kier alpha value is -3.67. The van der Waals surface area contributed by atoms with Crippen molar-refractivity contribution in [1.29, 1.82) is 0 Å². The molecule has 9 nitrogen and oxygen atoms in total. The summed E-state index contributed by atoms with van der Waals surface area (Å²) in [7, 11) is 0.858. The van der Waals surface area contributed by atoms with Gasteiger partial charge in [-0.25, -0.2) is 9.59 Å². The zero-order chi connectivity index (χ0) is 36.8. The number of carbonyl (C=O) groups is 4. The molecule has 1 aromatic carbocycles. The zero-order valence-electron chi connectivity index (χ0n) is 29.6. The molecule has 0 aliphatic heterocycles. The van der Waals surface area contributed by atoms with E-state index in [9.17, 15) is 32.3 Å². The van der Waals surface area contributed by atoms with E-state index in [1.165, 1.54) is 44.2 Å². The molecule has 3 rings (SSSR count). The van der Waals surface area contributed by atoms with E-state index in [2.05, 4.69) is 19.9 Å². The van der Waals surface area contributed by atoms with Crippen molar-refractivity contribution in [2.24, 2.45) is 22.7 Å². The van der Waals surface area contributed by atoms with Crippen molar-refractivity contribution >= 4 is 23.9 Å². The van der Waals surface area contributed by atoms with Gasteiger partial charge in [0.15, 0.2) is 6.10 Å². The van der Waals surface area contributed by atoms with Crippen LogP contribution in [0.25, 0.3) is 0 Å². The summed E-state index contributed by atoms with van der Waals surface area (Å²) in [6, 6.07) is 6.78. The van der Waals surface area contributed by atoms with Crippen molar-refractivity contribution in [3.63, 3.8) is 0 Å². The van der Waals surface area contributed by atoms with Gasteiger partial charge < -0.3 is 23.7 Å². The summed E-state index contributed by atoms with van der Waals surface area (Å²) in [5.41, 5.74) is -2.86. The summed E-state index contributed by atoms with van der Waals surface area (Å²) >= 11 is 0. The highest BCUT2D eigenvalue weighted by Crippen LogP contribution is 2.62. The van der Waals surface area contributed by atoms with Gasteiger partial charge in [-0.1, -0.05) is 68.3 Å². The molecule has 2 aliphatic carbocycles. The average molecular weight is 695 g/mol. The largest absolute Gasteiger partial charge is 0.462 e. The Morgan fingerprint density at radius 2 is 1.59 bits per heavy atom. The second kappa shape index (κ2) is 15.9. The molecule has 0 aromatic heterocycles. The zero-order valence-corrected chi connectivity index (χ0v) is 29.6. The second-order valence-electron chi connectivity index (χ2n) is 13.8. The van der Waals surface area contributed by atoms with Crippen LogP contribution in [0.5, 0.6) is 0 Å². The summed E-state index contributed by atoms with van der Waals surface area (Å²) in [5.74, 6) is -3.61. The fourth-order valence-electron chi connectivity index (χ4n) is 7.62. The maximum Gasteiger partial charge on any atom is 0.432 e. The van der Waals surface area contributed by atoms with Crippen LogP contribution in [-0.4, -0.2) is 62.6 Å². The molecule has 272 valence electrons. The Morgan fingerprint density at radius 1 is 1.00 bits per heavy atom. The standard InChI is InChI=1S/C37H49F3O9/c1-23(19-32(43)48-29(21-46-26(4)41)22-47-27(5)42)17-18-34(6)25(3)30(20-35(7)24(2)13-12-16-31(34)35)49-33(44)36(45-8,37(38,39)40)28-14-10-9-11-15-28/h9-11,13-15,19,25,29-31H,12,16-18,20-22H2,1-8H3/b23-19+/t25-,30-,31-,34+,35+,36-/m0/s1. The summed E-state index contributed by atoms with van der Waals surface area (Å²) in [6.07, 6.45) is -0.453. The predicted octanol–water partition coefficient (Wildman–Crippen LogP) is 7.18. The first-order valence-electron chi connectivity index (χ1n) is 16.5. The normalized spacial score (nSPS) is 26.9. The van der Waals surface area contributed by atoms with Crippen LogP contribution in [0.2, 0.25) is 0 Å². The molecular weight excluding hydrogens is 645 g/mol. The van der Waals surface area contributed by atoms with Gasteiger partial charge in [0.05, 0.1) is 0 Å². The van der Waals surface area contributed by atoms with Gasteiger partial charge in [-0.05, 0) is 68.6 Å². The third kappa shape index (κ3) is 8.74. The predicted molar refractivity (Wildman–Crippen MR) is 174 cm³/mol. The first kappa shape index (κ1) is 39.8. The maximum atomic E-state index is 14.7. The summed E-state index contributed by atoms with van der Waals surface area (Å²) < 4.78 is 70.5. The lowest BCUT2D eigenvalue weighted by Gasteiger charge is -2.60. The molecule has 2 aliphatic rings. The number of methoxy groups -OCH3 is 1. The first-order chi connectivity index (χ1) is 22.8. The van der Waals surface area contributed by atoms with Gasteiger partial charge in [0.1, 0.15) is 19.3 Å². The number of halogens is 3. The number of esters is 4. The topological polar surface area (TPSA) is 114 Å². The van der Waals surface area contributed by atoms with Crippen LogP contribution in [0.4, 0.5) is 13.2 Å². The molecule has 0 unspecified atom stereocenters. The van der Waals surface area contributed by atoms with Crippen molar-refractivity contribution in [3.05, 3.63) is 59.2 Å². The lowest BCUT2D eigenvalue weighted by Crippen LogP contribution is -2.58. The van der Waals surface area contributed by atoms with Crippen LogP contribution >= 0.6 is 0 Å². The van der Waals surface area contributed by atoms with Crippen molar-refractivity contribution < 1.29 is 56.0 Å². The van der Waals surface area contributed by atoms with E-state index in [4.69, 9.17) is 23.7 Å². The lowest BCUT2D eigenvalue weighted by molar-refractivity contribution is -0.281. The molecule has 6 atom stereocenters. The van der Waals surface area contributed by atoms with E-state index >= 15 is 0 Å². The van der Waals surface area contributed by atoms with Gasteiger partial charge >= 0.3 is 30.1 Å². The minimum atomic E-state index is -5.10. The average Bonchev–Trinajstić information content (AvgIpc) is 3.01. The fraction of sp³-hybridized carbons (Fsp3) is 0.622. The van der Waals surface area contributed by atoms with Crippen LogP contribution < -0.4 is 0 Å². The third-order valence-corrected chi connectivity index (χ3v) is 10.7. The van der Waals surface area contributed by atoms with E-state index in [-0.39, 0.29) is 30.6 Å². The molecule has 0 spiro atoms. The summed E-state index contributed by atoms with van der Waals surface area (Å²) in [5, 5.41) is 0. The van der Waals surface area contributed by atoms with Gasteiger partial charge in [0, 0.05) is 32.6 Å². The highest BCUT2D eigenvalue weighted by atomic mass is 19.4. The highest BCUT2D eigenvalue weighted by molar-refractivity contribution is 5.83. The Balaban J connectivity index is 1.89. The van der Waals surface area contributed by atoms with E-state index < -0.39 is 58.7 Å². The quantitative estimate of drug-likeness (QED) is 0.0917. The van der Waals surface area contributed by atoms with Crippen LogP contribution in [0, 0.1) is 22.7 Å². The highest BCUT2D eigenvalue weighted by Gasteiger charge is 2.65. The molecule has 12 heteroatoms. The molecule has 1 saturated carbocycles. The number of ether oxygens (including phenoxy) is 5. The van der Waals surface area contributed by atoms with Crippen molar-refractivity contribution in [2.45, 2.75) is 105 Å².